The Hall–Kier alpha value is -3.17. The van der Waals surface area contributed by atoms with Gasteiger partial charge in [-0.15, -0.1) is 5.10 Å². The summed E-state index contributed by atoms with van der Waals surface area (Å²) >= 11 is 1.11. The lowest BCUT2D eigenvalue weighted by Crippen LogP contribution is -2.39. The van der Waals surface area contributed by atoms with Crippen molar-refractivity contribution in [2.75, 3.05) is 19.6 Å². The Morgan fingerprint density at radius 3 is 2.70 bits per heavy atom. The summed E-state index contributed by atoms with van der Waals surface area (Å²) in [6.07, 6.45) is 1.36. The number of amides is 2. The van der Waals surface area contributed by atoms with Gasteiger partial charge in [-0.3, -0.25) is 14.6 Å². The van der Waals surface area contributed by atoms with Crippen LogP contribution in [0.2, 0.25) is 0 Å². The molecule has 0 aliphatic carbocycles. The molecule has 2 aromatic heterocycles. The molecule has 1 aliphatic rings. The van der Waals surface area contributed by atoms with Crippen LogP contribution in [0.3, 0.4) is 0 Å². The monoisotopic (exact) mass is 423 g/mol. The van der Waals surface area contributed by atoms with Crippen LogP contribution in [0.15, 0.2) is 60.1 Å². The first-order valence-electron chi connectivity index (χ1n) is 9.58. The van der Waals surface area contributed by atoms with Crippen LogP contribution < -0.4 is 0 Å². The van der Waals surface area contributed by atoms with Crippen molar-refractivity contribution in [3.05, 3.63) is 77.1 Å². The largest absolute Gasteiger partial charge is 0.368 e. The number of nitrogens with zero attached hydrogens (tertiary/aromatic N) is 5. The molecule has 3 aromatic rings. The van der Waals surface area contributed by atoms with Crippen molar-refractivity contribution in [3.8, 4) is 0 Å². The molecule has 30 heavy (non-hydrogen) atoms. The van der Waals surface area contributed by atoms with Crippen molar-refractivity contribution in [2.24, 2.45) is 0 Å². The van der Waals surface area contributed by atoms with E-state index in [0.717, 1.165) is 22.8 Å². The number of hydrogen-bond donors (Lipinski definition) is 0. The van der Waals surface area contributed by atoms with Gasteiger partial charge < -0.3 is 14.5 Å². The molecule has 9 heteroatoms. The molecule has 0 N–H and O–H groups in total. The van der Waals surface area contributed by atoms with E-state index in [1.54, 1.807) is 16.5 Å². The molecule has 0 bridgehead atoms. The fraction of sp³-hybridized carbons (Fsp3) is 0.286. The fourth-order valence-electron chi connectivity index (χ4n) is 3.30. The van der Waals surface area contributed by atoms with Crippen LogP contribution in [-0.2, 0) is 22.7 Å². The van der Waals surface area contributed by atoms with Gasteiger partial charge in [-0.25, -0.2) is 0 Å². The van der Waals surface area contributed by atoms with Crippen molar-refractivity contribution < 1.29 is 14.3 Å². The Kier molecular flexibility index (Phi) is 6.41. The molecule has 1 fully saturated rings. The Morgan fingerprint density at radius 2 is 1.97 bits per heavy atom. The van der Waals surface area contributed by atoms with Crippen molar-refractivity contribution in [2.45, 2.75) is 19.3 Å². The maximum atomic E-state index is 13.0. The quantitative estimate of drug-likeness (QED) is 0.603. The van der Waals surface area contributed by atoms with E-state index in [4.69, 9.17) is 4.74 Å². The van der Waals surface area contributed by atoms with E-state index < -0.39 is 0 Å². The number of carbonyl (C=O) groups excluding carboxylic acids is 2. The summed E-state index contributed by atoms with van der Waals surface area (Å²) in [7, 11) is 0. The SMILES string of the molecule is O=C1CN(C(=O)c2csnn2)C[C@@H](OCc2ccccn2)CN1Cc1ccccc1. The van der Waals surface area contributed by atoms with Gasteiger partial charge in [0.2, 0.25) is 5.91 Å². The topological polar surface area (TPSA) is 88.5 Å². The molecule has 0 spiro atoms. The zero-order chi connectivity index (χ0) is 20.8. The molecule has 2 amide bonds. The lowest BCUT2D eigenvalue weighted by Gasteiger charge is -2.24. The summed E-state index contributed by atoms with van der Waals surface area (Å²) in [5.41, 5.74) is 2.06. The molecule has 4 rings (SSSR count). The Labute approximate surface area is 178 Å². The Balaban J connectivity index is 1.52. The summed E-state index contributed by atoms with van der Waals surface area (Å²) in [6, 6.07) is 15.4. The number of ether oxygens (including phenoxy) is 1. The van der Waals surface area contributed by atoms with Crippen LogP contribution in [0.25, 0.3) is 0 Å². The Bertz CT molecular complexity index is 969. The van der Waals surface area contributed by atoms with E-state index in [2.05, 4.69) is 14.6 Å². The first-order valence-corrected chi connectivity index (χ1v) is 10.4. The highest BCUT2D eigenvalue weighted by molar-refractivity contribution is 7.03. The summed E-state index contributed by atoms with van der Waals surface area (Å²) < 4.78 is 9.84. The summed E-state index contributed by atoms with van der Waals surface area (Å²) in [5, 5.41) is 5.44. The molecule has 1 saturated heterocycles. The normalized spacial score (nSPS) is 17.1. The minimum atomic E-state index is -0.349. The number of pyridine rings is 1. The lowest BCUT2D eigenvalue weighted by atomic mass is 10.2. The average Bonchev–Trinajstić information content (AvgIpc) is 3.27. The third-order valence-electron chi connectivity index (χ3n) is 4.80. The first-order chi connectivity index (χ1) is 14.7. The minimum Gasteiger partial charge on any atom is -0.368 e. The maximum absolute atomic E-state index is 13.0. The fourth-order valence-corrected chi connectivity index (χ4v) is 3.73. The van der Waals surface area contributed by atoms with E-state index in [9.17, 15) is 9.59 Å². The molecule has 8 nitrogen and oxygen atoms in total. The molecule has 3 heterocycles. The molecule has 1 aliphatic heterocycles. The van der Waals surface area contributed by atoms with Crippen LogP contribution in [0.4, 0.5) is 0 Å². The molecule has 0 radical (unpaired) electrons. The highest BCUT2D eigenvalue weighted by atomic mass is 32.1. The van der Waals surface area contributed by atoms with Gasteiger partial charge in [0.1, 0.15) is 6.54 Å². The molecule has 0 saturated carbocycles. The van der Waals surface area contributed by atoms with Gasteiger partial charge >= 0.3 is 0 Å². The minimum absolute atomic E-state index is 0.0212. The van der Waals surface area contributed by atoms with Gasteiger partial charge in [0.15, 0.2) is 5.69 Å². The maximum Gasteiger partial charge on any atom is 0.275 e. The predicted octanol–water partition coefficient (Wildman–Crippen LogP) is 2.00. The molecule has 0 unspecified atom stereocenters. The number of rotatable bonds is 6. The van der Waals surface area contributed by atoms with Crippen LogP contribution >= 0.6 is 11.5 Å². The highest BCUT2D eigenvalue weighted by Crippen LogP contribution is 2.16. The second kappa shape index (κ2) is 9.55. The third-order valence-corrected chi connectivity index (χ3v) is 5.31. The Morgan fingerprint density at radius 1 is 1.13 bits per heavy atom. The van der Waals surface area contributed by atoms with E-state index in [0.29, 0.717) is 26.2 Å². The number of aromatic nitrogens is 3. The van der Waals surface area contributed by atoms with E-state index in [1.807, 2.05) is 48.5 Å². The van der Waals surface area contributed by atoms with Gasteiger partial charge in [-0.2, -0.15) is 0 Å². The molecule has 1 atom stereocenters. The summed E-state index contributed by atoms with van der Waals surface area (Å²) in [4.78, 5) is 33.3. The number of hydrogen-bond acceptors (Lipinski definition) is 7. The van der Waals surface area contributed by atoms with Crippen LogP contribution in [0.1, 0.15) is 21.7 Å². The van der Waals surface area contributed by atoms with Gasteiger partial charge in [0.05, 0.1) is 18.4 Å². The van der Waals surface area contributed by atoms with Crippen LogP contribution in [-0.4, -0.2) is 61.9 Å². The first kappa shape index (κ1) is 20.1. The smallest absolute Gasteiger partial charge is 0.275 e. The van der Waals surface area contributed by atoms with Crippen LogP contribution in [0.5, 0.6) is 0 Å². The number of carbonyl (C=O) groups is 2. The summed E-state index contributed by atoms with van der Waals surface area (Å²) in [6.45, 7) is 1.43. The second-order valence-electron chi connectivity index (χ2n) is 6.99. The van der Waals surface area contributed by atoms with Crippen molar-refractivity contribution in [1.29, 1.82) is 0 Å². The van der Waals surface area contributed by atoms with Crippen LogP contribution in [0, 0.1) is 0 Å². The zero-order valence-electron chi connectivity index (χ0n) is 16.3. The second-order valence-corrected chi connectivity index (χ2v) is 7.60. The average molecular weight is 423 g/mol. The summed E-state index contributed by atoms with van der Waals surface area (Å²) in [5.74, 6) is -0.440. The third kappa shape index (κ3) is 5.05. The molecular weight excluding hydrogens is 402 g/mol. The predicted molar refractivity (Wildman–Crippen MR) is 110 cm³/mol. The standard InChI is InChI=1S/C21H21N5O3S/c27-20-13-26(21(28)19-15-30-24-23-19)12-18(29-14-17-8-4-5-9-22-17)11-25(20)10-16-6-2-1-3-7-16/h1-9,15,18H,10-14H2/t18-/m0/s1. The van der Waals surface area contributed by atoms with Gasteiger partial charge in [-0.1, -0.05) is 40.9 Å². The van der Waals surface area contributed by atoms with E-state index in [1.165, 1.54) is 4.90 Å². The van der Waals surface area contributed by atoms with E-state index in [-0.39, 0.29) is 30.2 Å². The highest BCUT2D eigenvalue weighted by Gasteiger charge is 2.32. The zero-order valence-corrected chi connectivity index (χ0v) is 17.1. The molecule has 154 valence electrons. The lowest BCUT2D eigenvalue weighted by molar-refractivity contribution is -0.132. The van der Waals surface area contributed by atoms with Crippen molar-refractivity contribution in [1.82, 2.24) is 24.4 Å². The molecule has 1 aromatic carbocycles. The van der Waals surface area contributed by atoms with Gasteiger partial charge in [-0.05, 0) is 29.2 Å². The van der Waals surface area contributed by atoms with Crippen molar-refractivity contribution in [3.63, 3.8) is 0 Å². The van der Waals surface area contributed by atoms with Crippen molar-refractivity contribution >= 4 is 23.3 Å². The number of benzene rings is 1. The van der Waals surface area contributed by atoms with E-state index >= 15 is 0 Å². The van der Waals surface area contributed by atoms with Gasteiger partial charge in [0.25, 0.3) is 5.91 Å². The molecular formula is C21H21N5O3S. The van der Waals surface area contributed by atoms with Gasteiger partial charge in [0, 0.05) is 31.2 Å².